The lowest BCUT2D eigenvalue weighted by Crippen LogP contribution is -2.48. The molecule has 2 rings (SSSR count). The second kappa shape index (κ2) is 9.47. The van der Waals surface area contributed by atoms with Crippen molar-refractivity contribution in [3.63, 3.8) is 0 Å². The highest BCUT2D eigenvalue weighted by molar-refractivity contribution is 7.80. The van der Waals surface area contributed by atoms with E-state index in [2.05, 4.69) is 21.2 Å². The van der Waals surface area contributed by atoms with Gasteiger partial charge in [-0.15, -0.1) is 0 Å². The number of hydrazine groups is 1. The molecule has 1 aromatic heterocycles. The molecular weight excluding hydrogens is 352 g/mol. The van der Waals surface area contributed by atoms with Crippen LogP contribution in [0.3, 0.4) is 0 Å². The van der Waals surface area contributed by atoms with E-state index in [1.807, 2.05) is 13.8 Å². The van der Waals surface area contributed by atoms with E-state index in [9.17, 15) is 9.59 Å². The Balaban J connectivity index is 1.86. The van der Waals surface area contributed by atoms with Crippen molar-refractivity contribution in [1.29, 1.82) is 0 Å². The number of hydrogen-bond donors (Lipinski definition) is 3. The standard InChI is InChI=1S/C18H20N4O3S/c1-12(2)11-25-15-5-3-4-14(10-15)16(23)20-18(26)22-21-17(24)13-6-8-19-9-7-13/h3-10,12H,11H2,1-2H3,(H,21,24)(H2,20,22,23,26). The Hall–Kier alpha value is -3.00. The van der Waals surface area contributed by atoms with Gasteiger partial charge in [0.2, 0.25) is 0 Å². The first-order valence-electron chi connectivity index (χ1n) is 8.00. The van der Waals surface area contributed by atoms with Gasteiger partial charge in [-0.25, -0.2) is 0 Å². The first-order chi connectivity index (χ1) is 12.5. The molecule has 1 aromatic carbocycles. The van der Waals surface area contributed by atoms with Gasteiger partial charge in [-0.05, 0) is 48.5 Å². The lowest BCUT2D eigenvalue weighted by Gasteiger charge is -2.12. The molecule has 1 heterocycles. The zero-order chi connectivity index (χ0) is 18.9. The monoisotopic (exact) mass is 372 g/mol. The highest BCUT2D eigenvalue weighted by Crippen LogP contribution is 2.14. The Morgan fingerprint density at radius 2 is 1.81 bits per heavy atom. The van der Waals surface area contributed by atoms with Crippen molar-refractivity contribution < 1.29 is 14.3 Å². The molecule has 2 aromatic rings. The van der Waals surface area contributed by atoms with Gasteiger partial charge >= 0.3 is 0 Å². The number of benzene rings is 1. The summed E-state index contributed by atoms with van der Waals surface area (Å²) in [7, 11) is 0. The average molecular weight is 372 g/mol. The second-order valence-electron chi connectivity index (χ2n) is 5.83. The molecule has 0 atom stereocenters. The number of carbonyl (C=O) groups excluding carboxylic acids is 2. The lowest BCUT2D eigenvalue weighted by molar-refractivity contribution is 0.0934. The van der Waals surface area contributed by atoms with Gasteiger partial charge in [0.05, 0.1) is 6.61 Å². The van der Waals surface area contributed by atoms with Crippen molar-refractivity contribution in [3.05, 3.63) is 59.9 Å². The molecule has 3 N–H and O–H groups in total. The van der Waals surface area contributed by atoms with E-state index in [0.29, 0.717) is 29.4 Å². The Morgan fingerprint density at radius 1 is 1.08 bits per heavy atom. The fraction of sp³-hybridized carbons (Fsp3) is 0.222. The van der Waals surface area contributed by atoms with Crippen molar-refractivity contribution in [2.45, 2.75) is 13.8 Å². The molecule has 0 aliphatic rings. The number of rotatable bonds is 5. The van der Waals surface area contributed by atoms with E-state index in [-0.39, 0.29) is 5.11 Å². The Morgan fingerprint density at radius 3 is 2.50 bits per heavy atom. The molecule has 0 saturated carbocycles. The number of hydrogen-bond acceptors (Lipinski definition) is 5. The summed E-state index contributed by atoms with van der Waals surface area (Å²) in [5, 5.41) is 2.47. The highest BCUT2D eigenvalue weighted by Gasteiger charge is 2.10. The molecule has 0 saturated heterocycles. The lowest BCUT2D eigenvalue weighted by atomic mass is 10.2. The molecule has 2 amide bonds. The van der Waals surface area contributed by atoms with Crippen molar-refractivity contribution in [1.82, 2.24) is 21.2 Å². The van der Waals surface area contributed by atoms with Gasteiger partial charge in [-0.3, -0.25) is 30.7 Å². The van der Waals surface area contributed by atoms with Crippen LogP contribution in [0.2, 0.25) is 0 Å². The maximum Gasteiger partial charge on any atom is 0.269 e. The third-order valence-corrected chi connectivity index (χ3v) is 3.34. The molecule has 26 heavy (non-hydrogen) atoms. The molecule has 0 aliphatic carbocycles. The molecule has 0 unspecified atom stereocenters. The normalized spacial score (nSPS) is 10.1. The molecular formula is C18H20N4O3S. The minimum Gasteiger partial charge on any atom is -0.493 e. The minimum atomic E-state index is -0.407. The predicted octanol–water partition coefficient (Wildman–Crippen LogP) is 2.07. The van der Waals surface area contributed by atoms with E-state index >= 15 is 0 Å². The maximum absolute atomic E-state index is 12.2. The summed E-state index contributed by atoms with van der Waals surface area (Å²) < 4.78 is 5.60. The Labute approximate surface area is 157 Å². The second-order valence-corrected chi connectivity index (χ2v) is 6.24. The molecule has 136 valence electrons. The van der Waals surface area contributed by atoms with Gasteiger partial charge in [-0.2, -0.15) is 0 Å². The van der Waals surface area contributed by atoms with Crippen molar-refractivity contribution in [2.75, 3.05) is 6.61 Å². The summed E-state index contributed by atoms with van der Waals surface area (Å²) in [5.41, 5.74) is 5.70. The Bertz CT molecular complexity index is 781. The van der Waals surface area contributed by atoms with Crippen LogP contribution in [0.1, 0.15) is 34.6 Å². The quantitative estimate of drug-likeness (QED) is 0.550. The molecule has 0 fully saturated rings. The number of nitrogens with zero attached hydrogens (tertiary/aromatic N) is 1. The SMILES string of the molecule is CC(C)COc1cccc(C(=O)NC(=S)NNC(=O)c2ccncc2)c1. The van der Waals surface area contributed by atoms with Crippen LogP contribution in [0.15, 0.2) is 48.8 Å². The van der Waals surface area contributed by atoms with E-state index in [1.165, 1.54) is 12.4 Å². The Kier molecular flexibility index (Phi) is 7.04. The number of nitrogens with one attached hydrogen (secondary N) is 3. The van der Waals surface area contributed by atoms with Gasteiger partial charge in [0.15, 0.2) is 5.11 Å². The smallest absolute Gasteiger partial charge is 0.269 e. The number of carbonyl (C=O) groups is 2. The zero-order valence-corrected chi connectivity index (χ0v) is 15.3. The summed E-state index contributed by atoms with van der Waals surface area (Å²) in [6, 6.07) is 9.91. The van der Waals surface area contributed by atoms with Gasteiger partial charge in [0.25, 0.3) is 11.8 Å². The van der Waals surface area contributed by atoms with E-state index in [4.69, 9.17) is 17.0 Å². The fourth-order valence-electron chi connectivity index (χ4n) is 1.89. The van der Waals surface area contributed by atoms with Gasteiger partial charge in [0, 0.05) is 23.5 Å². The van der Waals surface area contributed by atoms with Crippen LogP contribution in [0.25, 0.3) is 0 Å². The number of thiocarbonyl (C=S) groups is 1. The largest absolute Gasteiger partial charge is 0.493 e. The number of ether oxygens (including phenoxy) is 1. The van der Waals surface area contributed by atoms with Crippen molar-refractivity contribution in [2.24, 2.45) is 5.92 Å². The third-order valence-electron chi connectivity index (χ3n) is 3.14. The van der Waals surface area contributed by atoms with Crippen LogP contribution in [0.4, 0.5) is 0 Å². The van der Waals surface area contributed by atoms with Crippen LogP contribution < -0.4 is 20.9 Å². The summed E-state index contributed by atoms with van der Waals surface area (Å²) in [6.07, 6.45) is 3.01. The summed E-state index contributed by atoms with van der Waals surface area (Å²) in [5.74, 6) is 0.188. The van der Waals surface area contributed by atoms with Crippen LogP contribution in [0.5, 0.6) is 5.75 Å². The first kappa shape index (κ1) is 19.3. The van der Waals surface area contributed by atoms with Gasteiger partial charge in [0.1, 0.15) is 5.75 Å². The van der Waals surface area contributed by atoms with Crippen LogP contribution in [0, 0.1) is 5.92 Å². The number of pyridine rings is 1. The predicted molar refractivity (Wildman–Crippen MR) is 102 cm³/mol. The topological polar surface area (TPSA) is 92.4 Å². The molecule has 8 heteroatoms. The molecule has 0 spiro atoms. The highest BCUT2D eigenvalue weighted by atomic mass is 32.1. The van der Waals surface area contributed by atoms with Gasteiger partial charge in [-0.1, -0.05) is 19.9 Å². The van der Waals surface area contributed by atoms with E-state index in [0.717, 1.165) is 0 Å². The van der Waals surface area contributed by atoms with E-state index in [1.54, 1.807) is 36.4 Å². The molecule has 0 bridgehead atoms. The summed E-state index contributed by atoms with van der Waals surface area (Å²) >= 11 is 5.02. The molecule has 0 aliphatic heterocycles. The van der Waals surface area contributed by atoms with Crippen LogP contribution in [-0.2, 0) is 0 Å². The van der Waals surface area contributed by atoms with Crippen LogP contribution in [-0.4, -0.2) is 28.5 Å². The van der Waals surface area contributed by atoms with Gasteiger partial charge < -0.3 is 4.74 Å². The number of amides is 2. The van der Waals surface area contributed by atoms with Crippen molar-refractivity contribution in [3.8, 4) is 5.75 Å². The average Bonchev–Trinajstić information content (AvgIpc) is 2.65. The van der Waals surface area contributed by atoms with Crippen molar-refractivity contribution >= 4 is 29.1 Å². The van der Waals surface area contributed by atoms with E-state index < -0.39 is 11.8 Å². The van der Waals surface area contributed by atoms with Crippen LogP contribution >= 0.6 is 12.2 Å². The molecule has 7 nitrogen and oxygen atoms in total. The fourth-order valence-corrected chi connectivity index (χ4v) is 2.03. The summed E-state index contributed by atoms with van der Waals surface area (Å²) in [4.78, 5) is 28.0. The molecule has 0 radical (unpaired) electrons. The first-order valence-corrected chi connectivity index (χ1v) is 8.41. The zero-order valence-electron chi connectivity index (χ0n) is 14.5. The maximum atomic E-state index is 12.2. The number of aromatic nitrogens is 1. The third kappa shape index (κ3) is 6.14. The summed E-state index contributed by atoms with van der Waals surface area (Å²) in [6.45, 7) is 4.65. The minimum absolute atomic E-state index is 0.0223.